The van der Waals surface area contributed by atoms with Gasteiger partial charge in [0.05, 0.1) is 21.6 Å². The summed E-state index contributed by atoms with van der Waals surface area (Å²) in [7, 11) is -3.67. The molecule has 1 aliphatic heterocycles. The number of hydrogen-bond donors (Lipinski definition) is 1. The smallest absolute Gasteiger partial charge is 0.244 e. The molecule has 1 aliphatic rings. The van der Waals surface area contributed by atoms with Crippen LogP contribution < -0.4 is 5.73 Å². The van der Waals surface area contributed by atoms with Crippen molar-refractivity contribution in [1.29, 1.82) is 5.26 Å². The molecule has 5 nitrogen and oxygen atoms in total. The van der Waals surface area contributed by atoms with Crippen LogP contribution in [0.25, 0.3) is 0 Å². The Morgan fingerprint density at radius 2 is 2.10 bits per heavy atom. The largest absolute Gasteiger partial charge is 0.315 e. The predicted octanol–water partition coefficient (Wildman–Crippen LogP) is 2.06. The lowest BCUT2D eigenvalue weighted by Gasteiger charge is -2.26. The van der Waals surface area contributed by atoms with Crippen LogP contribution in [0.1, 0.15) is 31.2 Å². The summed E-state index contributed by atoms with van der Waals surface area (Å²) in [6.07, 6.45) is 2.87. The third kappa shape index (κ3) is 2.96. The summed E-state index contributed by atoms with van der Waals surface area (Å²) in [5, 5.41) is 8.96. The Hall–Kier alpha value is -1.13. The standard InChI is InChI=1S/C13H16ClN3O2S/c14-12-8-11(6-5-10(12)9-15)20(18,19)17-7-3-1-2-4-13(17)16/h5-6,8,13H,1-4,7,16H2. The molecule has 0 saturated carbocycles. The first-order valence-corrected chi connectivity index (χ1v) is 8.25. The lowest BCUT2D eigenvalue weighted by Crippen LogP contribution is -2.45. The van der Waals surface area contributed by atoms with Crippen LogP contribution in [0, 0.1) is 11.3 Å². The average molecular weight is 314 g/mol. The van der Waals surface area contributed by atoms with Crippen molar-refractivity contribution in [2.75, 3.05) is 6.54 Å². The van der Waals surface area contributed by atoms with E-state index in [0.717, 1.165) is 19.3 Å². The highest BCUT2D eigenvalue weighted by molar-refractivity contribution is 7.89. The van der Waals surface area contributed by atoms with Gasteiger partial charge in [-0.15, -0.1) is 0 Å². The Kier molecular flexibility index (Phi) is 4.66. The zero-order chi connectivity index (χ0) is 14.8. The molecule has 1 aromatic rings. The molecule has 2 rings (SSSR count). The number of nitriles is 1. The monoisotopic (exact) mass is 313 g/mol. The average Bonchev–Trinajstić information content (AvgIpc) is 2.63. The first-order chi connectivity index (χ1) is 9.46. The predicted molar refractivity (Wildman–Crippen MR) is 76.5 cm³/mol. The van der Waals surface area contributed by atoms with Crippen LogP contribution in [0.5, 0.6) is 0 Å². The van der Waals surface area contributed by atoms with Crippen molar-refractivity contribution in [2.45, 2.75) is 36.7 Å². The lowest BCUT2D eigenvalue weighted by atomic mass is 10.2. The van der Waals surface area contributed by atoms with Gasteiger partial charge in [0.25, 0.3) is 0 Å². The van der Waals surface area contributed by atoms with Gasteiger partial charge in [0.2, 0.25) is 10.0 Å². The van der Waals surface area contributed by atoms with Crippen LogP contribution in [0.2, 0.25) is 5.02 Å². The zero-order valence-corrected chi connectivity index (χ0v) is 12.5. The molecule has 7 heteroatoms. The Bertz CT molecular complexity index is 640. The molecule has 0 spiro atoms. The van der Waals surface area contributed by atoms with Crippen LogP contribution >= 0.6 is 11.6 Å². The van der Waals surface area contributed by atoms with Gasteiger partial charge < -0.3 is 5.73 Å². The summed E-state index contributed by atoms with van der Waals surface area (Å²) in [4.78, 5) is 0.0823. The van der Waals surface area contributed by atoms with E-state index in [-0.39, 0.29) is 15.5 Å². The van der Waals surface area contributed by atoms with Gasteiger partial charge in [-0.2, -0.15) is 9.57 Å². The fraction of sp³-hybridized carbons (Fsp3) is 0.462. The van der Waals surface area contributed by atoms with E-state index in [4.69, 9.17) is 22.6 Å². The van der Waals surface area contributed by atoms with Gasteiger partial charge in [0.15, 0.2) is 0 Å². The maximum Gasteiger partial charge on any atom is 0.244 e. The molecule has 1 saturated heterocycles. The van der Waals surface area contributed by atoms with Crippen molar-refractivity contribution in [3.05, 3.63) is 28.8 Å². The van der Waals surface area contributed by atoms with E-state index in [9.17, 15) is 8.42 Å². The van der Waals surface area contributed by atoms with E-state index in [1.54, 1.807) is 0 Å². The minimum atomic E-state index is -3.67. The lowest BCUT2D eigenvalue weighted by molar-refractivity contribution is 0.329. The second-order valence-electron chi connectivity index (χ2n) is 4.79. The molecule has 0 bridgehead atoms. The maximum atomic E-state index is 12.6. The first-order valence-electron chi connectivity index (χ1n) is 6.44. The summed E-state index contributed by atoms with van der Waals surface area (Å²) in [5.74, 6) is 0. The quantitative estimate of drug-likeness (QED) is 0.905. The molecule has 108 valence electrons. The minimum absolute atomic E-state index is 0.0823. The van der Waals surface area contributed by atoms with Crippen molar-refractivity contribution in [3.63, 3.8) is 0 Å². The van der Waals surface area contributed by atoms with E-state index in [1.807, 2.05) is 6.07 Å². The number of halogens is 1. The van der Waals surface area contributed by atoms with Crippen LogP contribution in [0.15, 0.2) is 23.1 Å². The van der Waals surface area contributed by atoms with E-state index < -0.39 is 16.2 Å². The molecular formula is C13H16ClN3O2S. The molecule has 20 heavy (non-hydrogen) atoms. The van der Waals surface area contributed by atoms with Crippen molar-refractivity contribution >= 4 is 21.6 Å². The normalized spacial score (nSPS) is 21.1. The summed E-state index contributed by atoms with van der Waals surface area (Å²) in [5.41, 5.74) is 6.21. The zero-order valence-electron chi connectivity index (χ0n) is 10.9. The molecule has 0 amide bonds. The van der Waals surface area contributed by atoms with Crippen molar-refractivity contribution < 1.29 is 8.42 Å². The topological polar surface area (TPSA) is 87.2 Å². The van der Waals surface area contributed by atoms with E-state index in [0.29, 0.717) is 13.0 Å². The SMILES string of the molecule is N#Cc1ccc(S(=O)(=O)N2CCCCCC2N)cc1Cl. The highest BCUT2D eigenvalue weighted by Crippen LogP contribution is 2.26. The second-order valence-corrected chi connectivity index (χ2v) is 7.08. The van der Waals surface area contributed by atoms with Gasteiger partial charge >= 0.3 is 0 Å². The Morgan fingerprint density at radius 1 is 1.35 bits per heavy atom. The summed E-state index contributed by atoms with van der Waals surface area (Å²) in [6, 6.07) is 6.04. The highest BCUT2D eigenvalue weighted by Gasteiger charge is 2.30. The number of benzene rings is 1. The number of nitrogens with zero attached hydrogens (tertiary/aromatic N) is 2. The number of nitrogens with two attached hydrogens (primary N) is 1. The van der Waals surface area contributed by atoms with Gasteiger partial charge in [-0.05, 0) is 31.0 Å². The molecule has 1 heterocycles. The maximum absolute atomic E-state index is 12.6. The molecule has 1 atom stereocenters. The fourth-order valence-corrected chi connectivity index (χ4v) is 4.18. The van der Waals surface area contributed by atoms with Crippen LogP contribution in [-0.4, -0.2) is 25.4 Å². The fourth-order valence-electron chi connectivity index (χ4n) is 2.29. The first kappa shape index (κ1) is 15.3. The molecule has 1 unspecified atom stereocenters. The number of hydrogen-bond acceptors (Lipinski definition) is 4. The van der Waals surface area contributed by atoms with Gasteiger partial charge in [0.1, 0.15) is 6.07 Å². The summed E-state index contributed by atoms with van der Waals surface area (Å²) in [6.45, 7) is 0.418. The van der Waals surface area contributed by atoms with Gasteiger partial charge in [-0.1, -0.05) is 24.4 Å². The molecule has 2 N–H and O–H groups in total. The van der Waals surface area contributed by atoms with Gasteiger partial charge in [0, 0.05) is 6.54 Å². The molecule has 0 aliphatic carbocycles. The molecule has 1 aromatic carbocycles. The molecule has 0 aromatic heterocycles. The highest BCUT2D eigenvalue weighted by atomic mass is 35.5. The number of sulfonamides is 1. The summed E-state index contributed by atoms with van der Waals surface area (Å²) >= 11 is 5.91. The van der Waals surface area contributed by atoms with Gasteiger partial charge in [-0.25, -0.2) is 8.42 Å². The van der Waals surface area contributed by atoms with E-state index >= 15 is 0 Å². The van der Waals surface area contributed by atoms with E-state index in [2.05, 4.69) is 0 Å². The Balaban J connectivity index is 2.39. The second kappa shape index (κ2) is 6.10. The van der Waals surface area contributed by atoms with Crippen LogP contribution in [0.4, 0.5) is 0 Å². The van der Waals surface area contributed by atoms with Crippen LogP contribution in [-0.2, 0) is 10.0 Å². The van der Waals surface area contributed by atoms with Crippen molar-refractivity contribution in [1.82, 2.24) is 4.31 Å². The Labute approximate surface area is 124 Å². The molecule has 0 radical (unpaired) electrons. The van der Waals surface area contributed by atoms with Crippen molar-refractivity contribution in [2.24, 2.45) is 5.73 Å². The molecular weight excluding hydrogens is 298 g/mol. The third-order valence-corrected chi connectivity index (χ3v) is 5.65. The van der Waals surface area contributed by atoms with Crippen LogP contribution in [0.3, 0.4) is 0 Å². The van der Waals surface area contributed by atoms with E-state index in [1.165, 1.54) is 22.5 Å². The third-order valence-electron chi connectivity index (χ3n) is 3.42. The van der Waals surface area contributed by atoms with Crippen molar-refractivity contribution in [3.8, 4) is 6.07 Å². The molecule has 1 fully saturated rings. The minimum Gasteiger partial charge on any atom is -0.315 e. The Morgan fingerprint density at radius 3 is 2.75 bits per heavy atom. The summed E-state index contributed by atoms with van der Waals surface area (Å²) < 4.78 is 26.5. The van der Waals surface area contributed by atoms with Gasteiger partial charge in [-0.3, -0.25) is 0 Å². The number of rotatable bonds is 2.